The molecular weight excluding hydrogens is 396 g/mol. The van der Waals surface area contributed by atoms with Crippen molar-refractivity contribution in [1.82, 2.24) is 9.97 Å². The van der Waals surface area contributed by atoms with E-state index in [9.17, 15) is 9.59 Å². The number of amides is 1. The number of H-pyrrole nitrogens is 2. The summed E-state index contributed by atoms with van der Waals surface area (Å²) in [6.45, 7) is 1.89. The van der Waals surface area contributed by atoms with E-state index < -0.39 is 0 Å². The molecule has 1 aliphatic heterocycles. The van der Waals surface area contributed by atoms with E-state index in [1.807, 2.05) is 24.3 Å². The molecule has 0 atom stereocenters. The molecule has 1 saturated heterocycles. The lowest BCUT2D eigenvalue weighted by molar-refractivity contribution is 0.102. The van der Waals surface area contributed by atoms with Crippen LogP contribution in [-0.4, -0.2) is 29.0 Å². The summed E-state index contributed by atoms with van der Waals surface area (Å²) < 4.78 is 0.854. The van der Waals surface area contributed by atoms with Crippen molar-refractivity contribution in [1.29, 1.82) is 0 Å². The van der Waals surface area contributed by atoms with Gasteiger partial charge in [0.25, 0.3) is 5.91 Å². The summed E-state index contributed by atoms with van der Waals surface area (Å²) in [5.41, 5.74) is 3.40. The summed E-state index contributed by atoms with van der Waals surface area (Å²) in [5.74, 6) is -0.179. The average Bonchev–Trinajstić information content (AvgIpc) is 3.00. The maximum atomic E-state index is 12.7. The number of carbonyl (C=O) groups is 1. The van der Waals surface area contributed by atoms with Crippen LogP contribution in [0, 0.1) is 0 Å². The van der Waals surface area contributed by atoms with Crippen molar-refractivity contribution in [3.63, 3.8) is 0 Å². The molecule has 1 fully saturated rings. The van der Waals surface area contributed by atoms with Gasteiger partial charge in [0.2, 0.25) is 0 Å². The average molecular weight is 415 g/mol. The zero-order valence-electron chi connectivity index (χ0n) is 14.1. The Kier molecular flexibility index (Phi) is 4.55. The Labute approximate surface area is 158 Å². The number of carbonyl (C=O) groups excluding carboxylic acids is 1. The molecule has 0 spiro atoms. The van der Waals surface area contributed by atoms with Gasteiger partial charge in [-0.1, -0.05) is 22.0 Å². The van der Waals surface area contributed by atoms with Gasteiger partial charge in [-0.2, -0.15) is 0 Å². The highest BCUT2D eigenvalue weighted by Gasteiger charge is 2.18. The Hall–Kier alpha value is -2.54. The summed E-state index contributed by atoms with van der Waals surface area (Å²) in [6, 6.07) is 11.0. The molecule has 4 rings (SSSR count). The van der Waals surface area contributed by atoms with Crippen LogP contribution in [0.5, 0.6) is 0 Å². The molecule has 1 aliphatic rings. The molecule has 2 aromatic carbocycles. The van der Waals surface area contributed by atoms with Crippen LogP contribution in [0.15, 0.2) is 45.7 Å². The lowest BCUT2D eigenvalue weighted by atomic mass is 10.1. The van der Waals surface area contributed by atoms with E-state index in [0.717, 1.165) is 41.6 Å². The minimum absolute atomic E-state index is 0.179. The molecule has 7 heteroatoms. The molecule has 1 aromatic heterocycles. The Morgan fingerprint density at radius 3 is 2.50 bits per heavy atom. The first-order valence-corrected chi connectivity index (χ1v) is 9.47. The molecular formula is C19H19BrN4O2. The lowest BCUT2D eigenvalue weighted by Gasteiger charge is -2.30. The smallest absolute Gasteiger partial charge is 0.323 e. The molecule has 0 saturated carbocycles. The van der Waals surface area contributed by atoms with E-state index in [1.165, 1.54) is 6.42 Å². The number of anilines is 2. The van der Waals surface area contributed by atoms with E-state index in [4.69, 9.17) is 0 Å². The number of nitrogens with zero attached hydrogens (tertiary/aromatic N) is 1. The van der Waals surface area contributed by atoms with Gasteiger partial charge in [0, 0.05) is 23.1 Å². The number of piperidine rings is 1. The van der Waals surface area contributed by atoms with Gasteiger partial charge in [0.05, 0.1) is 22.4 Å². The van der Waals surface area contributed by atoms with Crippen molar-refractivity contribution >= 4 is 44.2 Å². The van der Waals surface area contributed by atoms with Crippen LogP contribution in [-0.2, 0) is 0 Å². The second kappa shape index (κ2) is 6.99. The fourth-order valence-electron chi connectivity index (χ4n) is 3.39. The van der Waals surface area contributed by atoms with Crippen LogP contribution in [0.1, 0.15) is 29.6 Å². The van der Waals surface area contributed by atoms with Gasteiger partial charge in [0.15, 0.2) is 0 Å². The van der Waals surface area contributed by atoms with E-state index in [0.29, 0.717) is 16.8 Å². The van der Waals surface area contributed by atoms with Crippen molar-refractivity contribution in [3.05, 3.63) is 56.9 Å². The third kappa shape index (κ3) is 3.39. The predicted octanol–water partition coefficient (Wildman–Crippen LogP) is 3.86. The summed E-state index contributed by atoms with van der Waals surface area (Å²) in [6.07, 6.45) is 3.47. The van der Waals surface area contributed by atoms with Gasteiger partial charge in [-0.05, 0) is 49.6 Å². The molecule has 0 bridgehead atoms. The Bertz CT molecular complexity index is 1020. The van der Waals surface area contributed by atoms with Crippen LogP contribution >= 0.6 is 15.9 Å². The molecule has 0 aliphatic carbocycles. The fraction of sp³-hybridized carbons (Fsp3) is 0.263. The van der Waals surface area contributed by atoms with Crippen LogP contribution < -0.4 is 15.9 Å². The van der Waals surface area contributed by atoms with Crippen LogP contribution in [0.2, 0.25) is 0 Å². The van der Waals surface area contributed by atoms with E-state index in [2.05, 4.69) is 36.1 Å². The zero-order valence-corrected chi connectivity index (χ0v) is 15.7. The standard InChI is InChI=1S/C19H19BrN4O2/c20-13-6-4-5-12(9-13)18(25)21-16-10-14-15(23-19(26)22-14)11-17(16)24-7-2-1-3-8-24/h4-6,9-11H,1-3,7-8H2,(H,21,25)(H2,22,23,26). The summed E-state index contributed by atoms with van der Waals surface area (Å²) in [4.78, 5) is 32.2. The van der Waals surface area contributed by atoms with Crippen molar-refractivity contribution in [2.24, 2.45) is 0 Å². The molecule has 0 radical (unpaired) electrons. The van der Waals surface area contributed by atoms with Gasteiger partial charge < -0.3 is 20.2 Å². The summed E-state index contributed by atoms with van der Waals surface area (Å²) in [5, 5.41) is 3.02. The van der Waals surface area contributed by atoms with Crippen molar-refractivity contribution in [2.45, 2.75) is 19.3 Å². The first-order chi connectivity index (χ1) is 12.6. The van der Waals surface area contributed by atoms with Crippen LogP contribution in [0.4, 0.5) is 11.4 Å². The first kappa shape index (κ1) is 16.9. The monoisotopic (exact) mass is 414 g/mol. The lowest BCUT2D eigenvalue weighted by Crippen LogP contribution is -2.30. The Balaban J connectivity index is 1.73. The summed E-state index contributed by atoms with van der Waals surface area (Å²) in [7, 11) is 0. The van der Waals surface area contributed by atoms with Gasteiger partial charge in [-0.25, -0.2) is 4.79 Å². The SMILES string of the molecule is O=C(Nc1cc2[nH]c(=O)[nH]c2cc1N1CCCCC1)c1cccc(Br)c1. The molecule has 2 heterocycles. The highest BCUT2D eigenvalue weighted by Crippen LogP contribution is 2.32. The third-order valence-corrected chi connectivity index (χ3v) is 5.16. The van der Waals surface area contributed by atoms with Gasteiger partial charge in [-0.3, -0.25) is 4.79 Å². The number of aromatic amines is 2. The molecule has 3 aromatic rings. The molecule has 0 unspecified atom stereocenters. The maximum absolute atomic E-state index is 12.7. The number of imidazole rings is 1. The van der Waals surface area contributed by atoms with Crippen LogP contribution in [0.3, 0.4) is 0 Å². The van der Waals surface area contributed by atoms with Gasteiger partial charge in [-0.15, -0.1) is 0 Å². The van der Waals surface area contributed by atoms with Gasteiger partial charge in [0.1, 0.15) is 0 Å². The minimum atomic E-state index is -0.250. The van der Waals surface area contributed by atoms with Crippen molar-refractivity contribution < 1.29 is 4.79 Å². The van der Waals surface area contributed by atoms with Crippen molar-refractivity contribution in [3.8, 4) is 0 Å². The van der Waals surface area contributed by atoms with Gasteiger partial charge >= 0.3 is 5.69 Å². The maximum Gasteiger partial charge on any atom is 0.323 e. The largest absolute Gasteiger partial charge is 0.370 e. The molecule has 3 N–H and O–H groups in total. The fourth-order valence-corrected chi connectivity index (χ4v) is 3.79. The van der Waals surface area contributed by atoms with Crippen molar-refractivity contribution in [2.75, 3.05) is 23.3 Å². The number of aromatic nitrogens is 2. The second-order valence-corrected chi connectivity index (χ2v) is 7.42. The highest BCUT2D eigenvalue weighted by molar-refractivity contribution is 9.10. The number of benzene rings is 2. The second-order valence-electron chi connectivity index (χ2n) is 6.51. The number of hydrogen-bond acceptors (Lipinski definition) is 3. The number of halogens is 1. The number of nitrogens with one attached hydrogen (secondary N) is 3. The zero-order chi connectivity index (χ0) is 18.1. The number of rotatable bonds is 3. The topological polar surface area (TPSA) is 81.0 Å². The number of hydrogen-bond donors (Lipinski definition) is 3. The van der Waals surface area contributed by atoms with E-state index in [1.54, 1.807) is 12.1 Å². The quantitative estimate of drug-likeness (QED) is 0.608. The predicted molar refractivity (Wildman–Crippen MR) is 107 cm³/mol. The molecule has 26 heavy (non-hydrogen) atoms. The minimum Gasteiger partial charge on any atom is -0.370 e. The molecule has 6 nitrogen and oxygen atoms in total. The van der Waals surface area contributed by atoms with E-state index in [-0.39, 0.29) is 11.6 Å². The Morgan fingerprint density at radius 1 is 1.04 bits per heavy atom. The van der Waals surface area contributed by atoms with E-state index >= 15 is 0 Å². The first-order valence-electron chi connectivity index (χ1n) is 8.68. The highest BCUT2D eigenvalue weighted by atomic mass is 79.9. The summed E-state index contributed by atoms with van der Waals surface area (Å²) >= 11 is 3.40. The van der Waals surface area contributed by atoms with Crippen LogP contribution in [0.25, 0.3) is 11.0 Å². The normalized spacial score (nSPS) is 14.6. The number of fused-ring (bicyclic) bond motifs is 1. The Morgan fingerprint density at radius 2 is 1.77 bits per heavy atom. The third-order valence-electron chi connectivity index (χ3n) is 4.66. The molecule has 134 valence electrons. The molecule has 1 amide bonds.